The number of hydrogen-bond acceptors (Lipinski definition) is 5. The minimum atomic E-state index is 0.694. The lowest BCUT2D eigenvalue weighted by molar-refractivity contribution is 0.00945. The number of nitrogens with one attached hydrogen (secondary N) is 1. The van der Waals surface area contributed by atoms with E-state index < -0.39 is 0 Å². The molecule has 5 nitrogen and oxygen atoms in total. The van der Waals surface area contributed by atoms with Crippen molar-refractivity contribution in [1.82, 2.24) is 15.4 Å². The fourth-order valence-corrected chi connectivity index (χ4v) is 1.24. The van der Waals surface area contributed by atoms with Gasteiger partial charge in [0.15, 0.2) is 6.39 Å². The highest BCUT2D eigenvalue weighted by atomic mass is 16.5. The number of aromatic nitrogens is 1. The van der Waals surface area contributed by atoms with Gasteiger partial charge in [-0.1, -0.05) is 0 Å². The molecule has 0 radical (unpaired) electrons. The molecule has 1 aromatic heterocycles. The fraction of sp³-hybridized carbons (Fsp3) is 0.625. The molecule has 0 unspecified atom stereocenters. The summed E-state index contributed by atoms with van der Waals surface area (Å²) in [6, 6.07) is 0. The third-order valence-corrected chi connectivity index (χ3v) is 1.97. The monoisotopic (exact) mass is 183 g/mol. The molecule has 0 saturated carbocycles. The predicted molar refractivity (Wildman–Crippen MR) is 45.7 cm³/mol. The summed E-state index contributed by atoms with van der Waals surface area (Å²) in [7, 11) is 0. The van der Waals surface area contributed by atoms with Gasteiger partial charge in [-0.15, -0.1) is 0 Å². The second kappa shape index (κ2) is 4.36. The largest absolute Gasteiger partial charge is 0.447 e. The van der Waals surface area contributed by atoms with E-state index in [1.165, 1.54) is 6.39 Å². The summed E-state index contributed by atoms with van der Waals surface area (Å²) in [6.07, 6.45) is 3.16. The Bertz CT molecular complexity index is 232. The standard InChI is InChI=1S/C8H13N3O2/c1-3-12-4-2-11(1)10-6-8-5-9-7-13-8/h5,7,10H,1-4,6H2. The topological polar surface area (TPSA) is 50.5 Å². The Morgan fingerprint density at radius 1 is 1.46 bits per heavy atom. The van der Waals surface area contributed by atoms with Crippen LogP contribution < -0.4 is 5.43 Å². The molecular formula is C8H13N3O2. The Kier molecular flexibility index (Phi) is 2.91. The van der Waals surface area contributed by atoms with E-state index in [2.05, 4.69) is 15.4 Å². The van der Waals surface area contributed by atoms with Crippen LogP contribution in [0.3, 0.4) is 0 Å². The van der Waals surface area contributed by atoms with Gasteiger partial charge in [-0.3, -0.25) is 0 Å². The molecule has 2 rings (SSSR count). The van der Waals surface area contributed by atoms with Crippen molar-refractivity contribution in [2.75, 3.05) is 26.3 Å². The number of morpholine rings is 1. The number of hydrogen-bond donors (Lipinski definition) is 1. The van der Waals surface area contributed by atoms with Crippen molar-refractivity contribution < 1.29 is 9.15 Å². The van der Waals surface area contributed by atoms with Gasteiger partial charge < -0.3 is 9.15 Å². The SMILES string of the molecule is c1ncc(CNN2CCOCC2)o1. The quantitative estimate of drug-likeness (QED) is 0.715. The van der Waals surface area contributed by atoms with Crippen LogP contribution in [0.15, 0.2) is 17.0 Å². The van der Waals surface area contributed by atoms with Crippen LogP contribution in [0.4, 0.5) is 0 Å². The second-order valence-electron chi connectivity index (χ2n) is 2.90. The zero-order chi connectivity index (χ0) is 8.93. The first-order valence-corrected chi connectivity index (χ1v) is 4.39. The Balaban J connectivity index is 1.72. The van der Waals surface area contributed by atoms with E-state index in [4.69, 9.17) is 9.15 Å². The summed E-state index contributed by atoms with van der Waals surface area (Å²) in [5.41, 5.74) is 3.24. The van der Waals surface area contributed by atoms with Gasteiger partial charge in [0, 0.05) is 13.1 Å². The maximum absolute atomic E-state index is 5.22. The minimum absolute atomic E-state index is 0.694. The fourth-order valence-electron chi connectivity index (χ4n) is 1.24. The lowest BCUT2D eigenvalue weighted by Crippen LogP contribution is -2.45. The van der Waals surface area contributed by atoms with Crippen LogP contribution >= 0.6 is 0 Å². The van der Waals surface area contributed by atoms with Gasteiger partial charge in [-0.2, -0.15) is 0 Å². The molecule has 1 aromatic rings. The van der Waals surface area contributed by atoms with E-state index in [-0.39, 0.29) is 0 Å². The van der Waals surface area contributed by atoms with Crippen molar-refractivity contribution in [2.45, 2.75) is 6.54 Å². The average Bonchev–Trinajstić information content (AvgIpc) is 2.69. The van der Waals surface area contributed by atoms with Crippen molar-refractivity contribution in [3.8, 4) is 0 Å². The summed E-state index contributed by atoms with van der Waals surface area (Å²) in [5.74, 6) is 0.853. The first kappa shape index (κ1) is 8.68. The number of oxazole rings is 1. The third-order valence-electron chi connectivity index (χ3n) is 1.97. The Morgan fingerprint density at radius 3 is 3.00 bits per heavy atom. The van der Waals surface area contributed by atoms with Crippen molar-refractivity contribution in [3.63, 3.8) is 0 Å². The number of rotatable bonds is 3. The highest BCUT2D eigenvalue weighted by molar-refractivity contribution is 4.86. The smallest absolute Gasteiger partial charge is 0.180 e. The van der Waals surface area contributed by atoms with Crippen LogP contribution in [-0.2, 0) is 11.3 Å². The van der Waals surface area contributed by atoms with E-state index in [9.17, 15) is 0 Å². The molecule has 1 aliphatic heterocycles. The van der Waals surface area contributed by atoms with Gasteiger partial charge in [-0.05, 0) is 0 Å². The molecule has 0 bridgehead atoms. The summed E-state index contributed by atoms with van der Waals surface area (Å²) in [6.45, 7) is 4.13. The maximum atomic E-state index is 5.22. The van der Waals surface area contributed by atoms with E-state index in [0.717, 1.165) is 32.1 Å². The molecule has 2 heterocycles. The minimum Gasteiger partial charge on any atom is -0.447 e. The van der Waals surface area contributed by atoms with Crippen LogP contribution in [0, 0.1) is 0 Å². The normalized spacial score (nSPS) is 19.1. The Labute approximate surface area is 76.7 Å². The van der Waals surface area contributed by atoms with Crippen LogP contribution in [0.5, 0.6) is 0 Å². The molecule has 1 aliphatic rings. The third kappa shape index (κ3) is 2.51. The lowest BCUT2D eigenvalue weighted by Gasteiger charge is -2.26. The Hall–Kier alpha value is -0.910. The molecule has 0 aromatic carbocycles. The molecule has 0 atom stereocenters. The van der Waals surface area contributed by atoms with Crippen LogP contribution in [0.1, 0.15) is 5.76 Å². The molecule has 1 N–H and O–H groups in total. The molecule has 5 heteroatoms. The van der Waals surface area contributed by atoms with Crippen molar-refractivity contribution in [3.05, 3.63) is 18.4 Å². The average molecular weight is 183 g/mol. The first-order valence-electron chi connectivity index (χ1n) is 4.39. The zero-order valence-electron chi connectivity index (χ0n) is 7.40. The van der Waals surface area contributed by atoms with Crippen molar-refractivity contribution in [2.24, 2.45) is 0 Å². The molecule has 0 amide bonds. The van der Waals surface area contributed by atoms with Crippen LogP contribution in [0.25, 0.3) is 0 Å². The van der Waals surface area contributed by atoms with Gasteiger partial charge >= 0.3 is 0 Å². The molecule has 1 saturated heterocycles. The number of ether oxygens (including phenoxy) is 1. The van der Waals surface area contributed by atoms with Crippen LogP contribution in [-0.4, -0.2) is 36.3 Å². The van der Waals surface area contributed by atoms with Gasteiger partial charge in [0.05, 0.1) is 26.0 Å². The Morgan fingerprint density at radius 2 is 2.31 bits per heavy atom. The summed E-state index contributed by atoms with van der Waals surface area (Å²) < 4.78 is 10.3. The zero-order valence-corrected chi connectivity index (χ0v) is 7.40. The van der Waals surface area contributed by atoms with Gasteiger partial charge in [-0.25, -0.2) is 15.4 Å². The highest BCUT2D eigenvalue weighted by Crippen LogP contribution is 1.98. The van der Waals surface area contributed by atoms with Gasteiger partial charge in [0.25, 0.3) is 0 Å². The molecule has 1 fully saturated rings. The first-order chi connectivity index (χ1) is 6.45. The van der Waals surface area contributed by atoms with E-state index in [1.54, 1.807) is 6.20 Å². The van der Waals surface area contributed by atoms with E-state index in [0.29, 0.717) is 6.54 Å². The lowest BCUT2D eigenvalue weighted by atomic mass is 10.5. The highest BCUT2D eigenvalue weighted by Gasteiger charge is 2.09. The van der Waals surface area contributed by atoms with Gasteiger partial charge in [0.1, 0.15) is 5.76 Å². The summed E-state index contributed by atoms with van der Waals surface area (Å²) in [5, 5.41) is 2.13. The second-order valence-corrected chi connectivity index (χ2v) is 2.90. The summed E-state index contributed by atoms with van der Waals surface area (Å²) in [4.78, 5) is 3.84. The number of hydrazine groups is 1. The summed E-state index contributed by atoms with van der Waals surface area (Å²) >= 11 is 0. The maximum Gasteiger partial charge on any atom is 0.180 e. The van der Waals surface area contributed by atoms with Gasteiger partial charge in [0.2, 0.25) is 0 Å². The van der Waals surface area contributed by atoms with Crippen LogP contribution in [0.2, 0.25) is 0 Å². The molecule has 72 valence electrons. The van der Waals surface area contributed by atoms with E-state index in [1.807, 2.05) is 0 Å². The molecule has 0 aliphatic carbocycles. The molecule has 13 heavy (non-hydrogen) atoms. The molecule has 0 spiro atoms. The number of nitrogens with zero attached hydrogens (tertiary/aromatic N) is 2. The predicted octanol–water partition coefficient (Wildman–Crippen LogP) is 0.0114. The molecular weight excluding hydrogens is 170 g/mol. The van der Waals surface area contributed by atoms with E-state index >= 15 is 0 Å². The van der Waals surface area contributed by atoms with Crippen molar-refractivity contribution >= 4 is 0 Å². The van der Waals surface area contributed by atoms with Crippen molar-refractivity contribution in [1.29, 1.82) is 0 Å².